The van der Waals surface area contributed by atoms with Gasteiger partial charge in [0.05, 0.1) is 10.7 Å². The Balaban J connectivity index is 2.25. The zero-order valence-corrected chi connectivity index (χ0v) is 12.1. The van der Waals surface area contributed by atoms with Crippen molar-refractivity contribution in [3.63, 3.8) is 0 Å². The van der Waals surface area contributed by atoms with Crippen molar-refractivity contribution in [2.45, 2.75) is 6.92 Å². The highest BCUT2D eigenvalue weighted by Gasteiger charge is 2.10. The average Bonchev–Trinajstić information content (AvgIpc) is 2.31. The quantitative estimate of drug-likeness (QED) is 0.823. The van der Waals surface area contributed by atoms with E-state index < -0.39 is 0 Å². The van der Waals surface area contributed by atoms with Gasteiger partial charge in [-0.2, -0.15) is 0 Å². The predicted molar refractivity (Wildman–Crippen MR) is 78.4 cm³/mol. The molecule has 98 valence electrons. The number of nitrogens with one attached hydrogen (secondary N) is 1. The van der Waals surface area contributed by atoms with E-state index in [9.17, 15) is 4.79 Å². The second-order valence-corrected chi connectivity index (χ2v) is 5.13. The molecule has 2 aromatic rings. The molecule has 0 aliphatic rings. The van der Waals surface area contributed by atoms with Gasteiger partial charge < -0.3 is 5.32 Å². The summed E-state index contributed by atoms with van der Waals surface area (Å²) in [4.78, 5) is 16.1. The van der Waals surface area contributed by atoms with E-state index in [4.69, 9.17) is 34.8 Å². The van der Waals surface area contributed by atoms with Crippen LogP contribution >= 0.6 is 34.8 Å². The van der Waals surface area contributed by atoms with Gasteiger partial charge in [0.2, 0.25) is 0 Å². The molecule has 3 nitrogen and oxygen atoms in total. The molecule has 6 heteroatoms. The summed E-state index contributed by atoms with van der Waals surface area (Å²) in [5, 5.41) is 3.84. The van der Waals surface area contributed by atoms with E-state index in [1.165, 1.54) is 6.07 Å². The zero-order valence-electron chi connectivity index (χ0n) is 9.88. The number of rotatable bonds is 2. The van der Waals surface area contributed by atoms with Gasteiger partial charge in [-0.05, 0) is 37.3 Å². The largest absolute Gasteiger partial charge is 0.321 e. The van der Waals surface area contributed by atoms with Crippen LogP contribution in [0.2, 0.25) is 15.2 Å². The Bertz CT molecular complexity index is 624. The van der Waals surface area contributed by atoms with Crippen LogP contribution in [0, 0.1) is 6.92 Å². The third kappa shape index (κ3) is 3.60. The topological polar surface area (TPSA) is 42.0 Å². The Morgan fingerprint density at radius 3 is 2.53 bits per heavy atom. The van der Waals surface area contributed by atoms with E-state index in [1.54, 1.807) is 31.2 Å². The van der Waals surface area contributed by atoms with Gasteiger partial charge in [0.15, 0.2) is 0 Å². The Labute approximate surface area is 125 Å². The highest BCUT2D eigenvalue weighted by molar-refractivity contribution is 6.36. The zero-order chi connectivity index (χ0) is 14.0. The van der Waals surface area contributed by atoms with Gasteiger partial charge in [0.1, 0.15) is 5.15 Å². The smallest absolute Gasteiger partial charge is 0.255 e. The molecule has 0 unspecified atom stereocenters. The first kappa shape index (κ1) is 14.1. The minimum Gasteiger partial charge on any atom is -0.321 e. The summed E-state index contributed by atoms with van der Waals surface area (Å²) in [6, 6.07) is 7.98. The number of hydrogen-bond acceptors (Lipinski definition) is 2. The number of aryl methyl sites for hydroxylation is 1. The summed E-state index contributed by atoms with van der Waals surface area (Å²) in [5.74, 6) is -0.309. The molecule has 0 fully saturated rings. The average molecular weight is 316 g/mol. The van der Waals surface area contributed by atoms with Crippen molar-refractivity contribution in [2.24, 2.45) is 0 Å². The molecule has 1 aromatic carbocycles. The molecule has 0 aliphatic heterocycles. The molecule has 0 atom stereocenters. The molecule has 1 aromatic heterocycles. The van der Waals surface area contributed by atoms with Gasteiger partial charge in [-0.15, -0.1) is 0 Å². The minimum atomic E-state index is -0.309. The highest BCUT2D eigenvalue weighted by Crippen LogP contribution is 2.26. The van der Waals surface area contributed by atoms with Crippen LogP contribution < -0.4 is 5.32 Å². The van der Waals surface area contributed by atoms with Gasteiger partial charge in [-0.1, -0.05) is 34.8 Å². The van der Waals surface area contributed by atoms with E-state index in [-0.39, 0.29) is 11.1 Å². The number of pyridine rings is 1. The van der Waals surface area contributed by atoms with Crippen LogP contribution in [-0.2, 0) is 0 Å². The van der Waals surface area contributed by atoms with E-state index in [0.29, 0.717) is 27.0 Å². The highest BCUT2D eigenvalue weighted by atomic mass is 35.5. The lowest BCUT2D eigenvalue weighted by molar-refractivity contribution is 0.102. The molecule has 1 N–H and O–H groups in total. The van der Waals surface area contributed by atoms with Gasteiger partial charge in [-0.3, -0.25) is 4.79 Å². The fraction of sp³-hybridized carbons (Fsp3) is 0.0769. The fourth-order valence-electron chi connectivity index (χ4n) is 1.54. The number of nitrogens with zero attached hydrogens (tertiary/aromatic N) is 1. The van der Waals surface area contributed by atoms with Gasteiger partial charge in [0, 0.05) is 16.3 Å². The van der Waals surface area contributed by atoms with Crippen molar-refractivity contribution >= 4 is 46.4 Å². The second-order valence-electron chi connectivity index (χ2n) is 3.90. The Kier molecular flexibility index (Phi) is 4.30. The molecule has 0 radical (unpaired) electrons. The van der Waals surface area contributed by atoms with Crippen LogP contribution in [0.3, 0.4) is 0 Å². The first-order valence-electron chi connectivity index (χ1n) is 5.36. The monoisotopic (exact) mass is 314 g/mol. The SMILES string of the molecule is Cc1cc(C(=O)Nc2ccc(Cl)cc2Cl)cc(Cl)n1. The summed E-state index contributed by atoms with van der Waals surface area (Å²) in [5.41, 5.74) is 1.57. The molecular formula is C13H9Cl3N2O. The Morgan fingerprint density at radius 2 is 1.89 bits per heavy atom. The lowest BCUT2D eigenvalue weighted by Gasteiger charge is -2.08. The number of carbonyl (C=O) groups is 1. The summed E-state index contributed by atoms with van der Waals surface area (Å²) in [7, 11) is 0. The normalized spacial score (nSPS) is 10.3. The molecule has 0 spiro atoms. The van der Waals surface area contributed by atoms with Gasteiger partial charge in [-0.25, -0.2) is 4.98 Å². The lowest BCUT2D eigenvalue weighted by atomic mass is 10.2. The number of hydrogen-bond donors (Lipinski definition) is 1. The van der Waals surface area contributed by atoms with E-state index >= 15 is 0 Å². The number of aromatic nitrogens is 1. The summed E-state index contributed by atoms with van der Waals surface area (Å²) < 4.78 is 0. The number of amides is 1. The molecule has 0 aliphatic carbocycles. The van der Waals surface area contributed by atoms with Gasteiger partial charge in [0.25, 0.3) is 5.91 Å². The van der Waals surface area contributed by atoms with Crippen molar-refractivity contribution in [1.29, 1.82) is 0 Å². The number of halogens is 3. The molecule has 2 rings (SSSR count). The van der Waals surface area contributed by atoms with Crippen molar-refractivity contribution in [3.8, 4) is 0 Å². The van der Waals surface area contributed by atoms with Crippen LogP contribution in [0.15, 0.2) is 30.3 Å². The summed E-state index contributed by atoms with van der Waals surface area (Å²) in [6.07, 6.45) is 0. The Hall–Kier alpha value is -1.29. The van der Waals surface area contributed by atoms with Crippen LogP contribution in [-0.4, -0.2) is 10.9 Å². The predicted octanol–water partition coefficient (Wildman–Crippen LogP) is 4.60. The third-order valence-electron chi connectivity index (χ3n) is 2.36. The second kappa shape index (κ2) is 5.78. The molecule has 1 amide bonds. The fourth-order valence-corrected chi connectivity index (χ4v) is 2.25. The number of benzene rings is 1. The summed E-state index contributed by atoms with van der Waals surface area (Å²) >= 11 is 17.6. The van der Waals surface area contributed by atoms with Crippen molar-refractivity contribution in [3.05, 3.63) is 56.8 Å². The first-order valence-corrected chi connectivity index (χ1v) is 6.49. The van der Waals surface area contributed by atoms with E-state index in [0.717, 1.165) is 0 Å². The minimum absolute atomic E-state index is 0.271. The van der Waals surface area contributed by atoms with E-state index in [2.05, 4.69) is 10.3 Å². The molecule has 0 bridgehead atoms. The van der Waals surface area contributed by atoms with Crippen LogP contribution in [0.5, 0.6) is 0 Å². The Morgan fingerprint density at radius 1 is 1.16 bits per heavy atom. The van der Waals surface area contributed by atoms with E-state index in [1.807, 2.05) is 0 Å². The maximum Gasteiger partial charge on any atom is 0.255 e. The number of anilines is 1. The van der Waals surface area contributed by atoms with Crippen molar-refractivity contribution in [1.82, 2.24) is 4.98 Å². The molecule has 1 heterocycles. The first-order chi connectivity index (χ1) is 8.95. The lowest BCUT2D eigenvalue weighted by Crippen LogP contribution is -2.12. The third-order valence-corrected chi connectivity index (χ3v) is 3.11. The molecule has 0 saturated carbocycles. The summed E-state index contributed by atoms with van der Waals surface area (Å²) in [6.45, 7) is 1.76. The van der Waals surface area contributed by atoms with Crippen LogP contribution in [0.1, 0.15) is 16.1 Å². The van der Waals surface area contributed by atoms with Crippen LogP contribution in [0.4, 0.5) is 5.69 Å². The molecular weight excluding hydrogens is 307 g/mol. The van der Waals surface area contributed by atoms with Crippen LogP contribution in [0.25, 0.3) is 0 Å². The maximum atomic E-state index is 12.1. The maximum absolute atomic E-state index is 12.1. The van der Waals surface area contributed by atoms with Crippen molar-refractivity contribution < 1.29 is 4.79 Å². The molecule has 0 saturated heterocycles. The molecule has 19 heavy (non-hydrogen) atoms. The number of carbonyl (C=O) groups excluding carboxylic acids is 1. The van der Waals surface area contributed by atoms with Crippen molar-refractivity contribution in [2.75, 3.05) is 5.32 Å². The standard InChI is InChI=1S/C13H9Cl3N2O/c1-7-4-8(5-12(16)17-7)13(19)18-11-3-2-9(14)6-10(11)15/h2-6H,1H3,(H,18,19). The van der Waals surface area contributed by atoms with Gasteiger partial charge >= 0.3 is 0 Å².